The molecule has 0 aromatic rings. The second kappa shape index (κ2) is 7.62. The molecule has 0 spiro atoms. The van der Waals surface area contributed by atoms with Gasteiger partial charge in [0, 0.05) is 26.1 Å². The summed E-state index contributed by atoms with van der Waals surface area (Å²) >= 11 is 0. The molecule has 0 heterocycles. The molecule has 0 aliphatic carbocycles. The second-order valence-electron chi connectivity index (χ2n) is 3.82. The zero-order valence-corrected chi connectivity index (χ0v) is 9.62. The molecule has 0 unspecified atom stereocenters. The molecule has 0 aliphatic heterocycles. The Balaban J connectivity index is 3.99. The number of hydrogen-bond acceptors (Lipinski definition) is 5. The van der Waals surface area contributed by atoms with Crippen molar-refractivity contribution in [2.75, 3.05) is 33.7 Å². The van der Waals surface area contributed by atoms with E-state index >= 15 is 0 Å². The third-order valence-corrected chi connectivity index (χ3v) is 1.99. The van der Waals surface area contributed by atoms with E-state index in [0.29, 0.717) is 13.0 Å². The lowest BCUT2D eigenvalue weighted by molar-refractivity contribution is -0.148. The highest BCUT2D eigenvalue weighted by Crippen LogP contribution is 2.22. The molecule has 0 bridgehead atoms. The van der Waals surface area contributed by atoms with Crippen molar-refractivity contribution in [2.24, 2.45) is 5.41 Å². The van der Waals surface area contributed by atoms with Crippen LogP contribution >= 0.6 is 0 Å². The molecule has 90 valence electrons. The van der Waals surface area contributed by atoms with Crippen LogP contribution < -0.4 is 0 Å². The van der Waals surface area contributed by atoms with E-state index in [0.717, 1.165) is 0 Å². The molecule has 0 radical (unpaired) electrons. The lowest BCUT2D eigenvalue weighted by Gasteiger charge is -2.27. The zero-order valence-electron chi connectivity index (χ0n) is 9.62. The van der Waals surface area contributed by atoms with E-state index in [2.05, 4.69) is 0 Å². The van der Waals surface area contributed by atoms with Crippen LogP contribution in [0.2, 0.25) is 0 Å². The minimum Gasteiger partial charge on any atom is -0.465 e. The summed E-state index contributed by atoms with van der Waals surface area (Å²) in [5.74, 6) is -0.328. The third kappa shape index (κ3) is 7.30. The highest BCUT2D eigenvalue weighted by Gasteiger charge is 2.25. The van der Waals surface area contributed by atoms with Gasteiger partial charge in [-0.3, -0.25) is 4.79 Å². The van der Waals surface area contributed by atoms with Crippen molar-refractivity contribution in [2.45, 2.75) is 20.3 Å². The van der Waals surface area contributed by atoms with E-state index in [9.17, 15) is 4.79 Å². The average Bonchev–Trinajstić information content (AvgIpc) is 2.16. The summed E-state index contributed by atoms with van der Waals surface area (Å²) in [6, 6.07) is 0. The fourth-order valence-electron chi connectivity index (χ4n) is 1.10. The average molecular weight is 220 g/mol. The Morgan fingerprint density at radius 3 is 2.53 bits per heavy atom. The molecule has 0 saturated heterocycles. The number of rotatable bonds is 8. The number of aliphatic hydroxyl groups excluding tert-OH is 1. The second-order valence-corrected chi connectivity index (χ2v) is 3.82. The first-order valence-corrected chi connectivity index (χ1v) is 4.85. The molecule has 5 heteroatoms. The van der Waals surface area contributed by atoms with Gasteiger partial charge in [-0.1, -0.05) is 6.92 Å². The molecular formula is C10H20O5. The van der Waals surface area contributed by atoms with Gasteiger partial charge in [-0.2, -0.15) is 0 Å². The molecule has 0 fully saturated rings. The molecule has 0 aliphatic rings. The van der Waals surface area contributed by atoms with Crippen LogP contribution in [0.5, 0.6) is 0 Å². The largest absolute Gasteiger partial charge is 0.465 e. The van der Waals surface area contributed by atoms with Crippen molar-refractivity contribution in [1.82, 2.24) is 0 Å². The van der Waals surface area contributed by atoms with Gasteiger partial charge in [0.05, 0.1) is 13.2 Å². The first-order chi connectivity index (χ1) is 7.04. The van der Waals surface area contributed by atoms with Gasteiger partial charge in [0.1, 0.15) is 6.79 Å². The Bertz CT molecular complexity index is 183. The molecule has 0 aromatic carbocycles. The fourth-order valence-corrected chi connectivity index (χ4v) is 1.10. The molecule has 1 N–H and O–H groups in total. The van der Waals surface area contributed by atoms with E-state index in [1.807, 2.05) is 6.92 Å². The van der Waals surface area contributed by atoms with Gasteiger partial charge in [0.15, 0.2) is 0 Å². The monoisotopic (exact) mass is 220 g/mol. The van der Waals surface area contributed by atoms with Crippen molar-refractivity contribution >= 4 is 5.97 Å². The summed E-state index contributed by atoms with van der Waals surface area (Å²) in [7, 11) is 1.54. The molecular weight excluding hydrogens is 200 g/mol. The smallest absolute Gasteiger partial charge is 0.302 e. The minimum atomic E-state index is -0.362. The summed E-state index contributed by atoms with van der Waals surface area (Å²) in [4.78, 5) is 10.7. The Labute approximate surface area is 90.3 Å². The Kier molecular flexibility index (Phi) is 7.29. The quantitative estimate of drug-likeness (QED) is 0.368. The van der Waals surface area contributed by atoms with Gasteiger partial charge >= 0.3 is 5.97 Å². The van der Waals surface area contributed by atoms with E-state index in [-0.39, 0.29) is 31.4 Å². The van der Waals surface area contributed by atoms with Crippen LogP contribution in [0.15, 0.2) is 0 Å². The maximum absolute atomic E-state index is 10.7. The van der Waals surface area contributed by atoms with Crippen LogP contribution in [0.3, 0.4) is 0 Å². The Hall–Kier alpha value is -0.650. The number of carbonyl (C=O) groups is 1. The first kappa shape index (κ1) is 14.3. The number of esters is 1. The standard InChI is InChI=1S/C10H20O5/c1-9(12)15-7-10(2,4-5-11)6-14-8-13-3/h11H,4-8H2,1-3H3/t10-/m1/s1. The molecule has 1 atom stereocenters. The van der Waals surface area contributed by atoms with Gasteiger partial charge in [-0.15, -0.1) is 0 Å². The van der Waals surface area contributed by atoms with E-state index in [1.165, 1.54) is 14.0 Å². The zero-order chi connectivity index (χ0) is 11.7. The first-order valence-electron chi connectivity index (χ1n) is 4.85. The van der Waals surface area contributed by atoms with Gasteiger partial charge in [0.25, 0.3) is 0 Å². The van der Waals surface area contributed by atoms with E-state index < -0.39 is 0 Å². The summed E-state index contributed by atoms with van der Waals surface area (Å²) in [6.07, 6.45) is 0.518. The number of hydrogen-bond donors (Lipinski definition) is 1. The third-order valence-electron chi connectivity index (χ3n) is 1.99. The highest BCUT2D eigenvalue weighted by molar-refractivity contribution is 5.65. The van der Waals surface area contributed by atoms with Crippen LogP contribution in [-0.2, 0) is 19.0 Å². The summed E-state index contributed by atoms with van der Waals surface area (Å²) in [6.45, 7) is 4.10. The van der Waals surface area contributed by atoms with E-state index in [4.69, 9.17) is 19.3 Å². The van der Waals surface area contributed by atoms with Crippen molar-refractivity contribution in [3.8, 4) is 0 Å². The molecule has 0 aromatic heterocycles. The topological polar surface area (TPSA) is 65.0 Å². The van der Waals surface area contributed by atoms with Crippen molar-refractivity contribution in [3.63, 3.8) is 0 Å². The molecule has 0 saturated carbocycles. The predicted octanol–water partition coefficient (Wildman–Crippen LogP) is 0.559. The van der Waals surface area contributed by atoms with Crippen LogP contribution in [0.1, 0.15) is 20.3 Å². The Morgan fingerprint density at radius 2 is 2.07 bits per heavy atom. The van der Waals surface area contributed by atoms with Crippen LogP contribution in [0, 0.1) is 5.41 Å². The SMILES string of the molecule is COCOC[C@@](C)(CCO)COC(C)=O. The Morgan fingerprint density at radius 1 is 1.40 bits per heavy atom. The van der Waals surface area contributed by atoms with Gasteiger partial charge in [-0.25, -0.2) is 0 Å². The van der Waals surface area contributed by atoms with E-state index in [1.54, 1.807) is 0 Å². The lowest BCUT2D eigenvalue weighted by atomic mass is 9.89. The summed E-state index contributed by atoms with van der Waals surface area (Å²) < 4.78 is 14.9. The normalized spacial score (nSPS) is 14.7. The van der Waals surface area contributed by atoms with Crippen molar-refractivity contribution in [1.29, 1.82) is 0 Å². The number of ether oxygens (including phenoxy) is 3. The van der Waals surface area contributed by atoms with Gasteiger partial charge in [-0.05, 0) is 6.42 Å². The lowest BCUT2D eigenvalue weighted by Crippen LogP contribution is -2.31. The number of aliphatic hydroxyl groups is 1. The maximum Gasteiger partial charge on any atom is 0.302 e. The van der Waals surface area contributed by atoms with Gasteiger partial charge < -0.3 is 19.3 Å². The summed E-state index contributed by atoms with van der Waals surface area (Å²) in [5, 5.41) is 8.90. The van der Waals surface area contributed by atoms with Crippen molar-refractivity contribution in [3.05, 3.63) is 0 Å². The molecule has 5 nitrogen and oxygen atoms in total. The van der Waals surface area contributed by atoms with Crippen molar-refractivity contribution < 1.29 is 24.1 Å². The van der Waals surface area contributed by atoms with Crippen LogP contribution in [0.25, 0.3) is 0 Å². The fraction of sp³-hybridized carbons (Fsp3) is 0.900. The molecule has 0 rings (SSSR count). The minimum absolute atomic E-state index is 0.0358. The maximum atomic E-state index is 10.7. The predicted molar refractivity (Wildman–Crippen MR) is 54.3 cm³/mol. The molecule has 15 heavy (non-hydrogen) atoms. The highest BCUT2D eigenvalue weighted by atomic mass is 16.7. The van der Waals surface area contributed by atoms with Crippen LogP contribution in [-0.4, -0.2) is 44.8 Å². The number of carbonyl (C=O) groups excluding carboxylic acids is 1. The summed E-state index contributed by atoms with van der Waals surface area (Å²) in [5.41, 5.74) is -0.362. The van der Waals surface area contributed by atoms with Crippen LogP contribution in [0.4, 0.5) is 0 Å². The van der Waals surface area contributed by atoms with Gasteiger partial charge in [0.2, 0.25) is 0 Å². The molecule has 0 amide bonds. The number of methoxy groups -OCH3 is 1.